The lowest BCUT2D eigenvalue weighted by molar-refractivity contribution is -0.148. The standard InChI is InChI=1S/C10H19NO3/c1-3-11-5-4-8(6-11)9(7-12)10(13)14-2/h8-9,12H,3-7H2,1-2H3. The Hall–Kier alpha value is -0.610. The number of methoxy groups -OCH3 is 1. The lowest BCUT2D eigenvalue weighted by Crippen LogP contribution is -2.30. The first-order valence-corrected chi connectivity index (χ1v) is 5.14. The quantitative estimate of drug-likeness (QED) is 0.656. The maximum atomic E-state index is 11.3. The van der Waals surface area contributed by atoms with Crippen LogP contribution in [0, 0.1) is 11.8 Å². The van der Waals surface area contributed by atoms with E-state index in [0.717, 1.165) is 26.1 Å². The summed E-state index contributed by atoms with van der Waals surface area (Å²) >= 11 is 0. The lowest BCUT2D eigenvalue weighted by atomic mass is 9.92. The number of hydrogen-bond donors (Lipinski definition) is 1. The van der Waals surface area contributed by atoms with Gasteiger partial charge in [0.15, 0.2) is 0 Å². The van der Waals surface area contributed by atoms with Crippen molar-refractivity contribution in [3.63, 3.8) is 0 Å². The summed E-state index contributed by atoms with van der Waals surface area (Å²) in [6, 6.07) is 0. The molecule has 1 fully saturated rings. The van der Waals surface area contributed by atoms with E-state index >= 15 is 0 Å². The molecule has 0 bridgehead atoms. The highest BCUT2D eigenvalue weighted by Crippen LogP contribution is 2.24. The van der Waals surface area contributed by atoms with E-state index in [-0.39, 0.29) is 24.4 Å². The highest BCUT2D eigenvalue weighted by molar-refractivity contribution is 5.72. The molecule has 1 saturated heterocycles. The van der Waals surface area contributed by atoms with E-state index in [1.54, 1.807) is 0 Å². The molecular weight excluding hydrogens is 182 g/mol. The van der Waals surface area contributed by atoms with Gasteiger partial charge in [0.25, 0.3) is 0 Å². The van der Waals surface area contributed by atoms with Crippen molar-refractivity contribution in [3.05, 3.63) is 0 Å². The third-order valence-electron chi connectivity index (χ3n) is 3.03. The molecule has 1 rings (SSSR count). The molecule has 2 unspecified atom stereocenters. The van der Waals surface area contributed by atoms with E-state index in [4.69, 9.17) is 5.11 Å². The summed E-state index contributed by atoms with van der Waals surface area (Å²) in [7, 11) is 1.37. The molecule has 0 radical (unpaired) electrons. The smallest absolute Gasteiger partial charge is 0.311 e. The van der Waals surface area contributed by atoms with Crippen LogP contribution in [0.25, 0.3) is 0 Å². The molecule has 0 aromatic carbocycles. The molecule has 1 N–H and O–H groups in total. The maximum absolute atomic E-state index is 11.3. The Kier molecular flexibility index (Phi) is 4.35. The molecule has 4 nitrogen and oxygen atoms in total. The first-order valence-electron chi connectivity index (χ1n) is 5.14. The molecule has 2 atom stereocenters. The molecule has 0 spiro atoms. The van der Waals surface area contributed by atoms with E-state index in [1.165, 1.54) is 7.11 Å². The number of nitrogens with zero attached hydrogens (tertiary/aromatic N) is 1. The largest absolute Gasteiger partial charge is 0.469 e. The predicted octanol–water partition coefficient (Wildman–Crippen LogP) is 0.110. The van der Waals surface area contributed by atoms with Crippen LogP contribution in [-0.4, -0.2) is 49.3 Å². The number of ether oxygens (including phenoxy) is 1. The van der Waals surface area contributed by atoms with Gasteiger partial charge in [-0.05, 0) is 25.4 Å². The first-order chi connectivity index (χ1) is 6.72. The highest BCUT2D eigenvalue weighted by atomic mass is 16.5. The monoisotopic (exact) mass is 201 g/mol. The van der Waals surface area contributed by atoms with Gasteiger partial charge in [-0.2, -0.15) is 0 Å². The Morgan fingerprint density at radius 3 is 2.86 bits per heavy atom. The number of esters is 1. The van der Waals surface area contributed by atoms with Gasteiger partial charge < -0.3 is 14.7 Å². The van der Waals surface area contributed by atoms with Crippen LogP contribution < -0.4 is 0 Å². The molecule has 0 amide bonds. The summed E-state index contributed by atoms with van der Waals surface area (Å²) in [5, 5.41) is 9.13. The van der Waals surface area contributed by atoms with Crippen molar-refractivity contribution in [3.8, 4) is 0 Å². The second-order valence-electron chi connectivity index (χ2n) is 3.75. The molecule has 1 heterocycles. The Bertz CT molecular complexity index is 196. The van der Waals surface area contributed by atoms with E-state index in [2.05, 4.69) is 16.6 Å². The van der Waals surface area contributed by atoms with Crippen LogP contribution in [0.2, 0.25) is 0 Å². The third kappa shape index (κ3) is 2.45. The number of aliphatic hydroxyl groups is 1. The zero-order valence-electron chi connectivity index (χ0n) is 8.90. The number of rotatable bonds is 4. The van der Waals surface area contributed by atoms with Crippen LogP contribution in [0.3, 0.4) is 0 Å². The minimum Gasteiger partial charge on any atom is -0.469 e. The summed E-state index contributed by atoms with van der Waals surface area (Å²) < 4.78 is 4.67. The normalized spacial score (nSPS) is 24.9. The number of carbonyl (C=O) groups is 1. The van der Waals surface area contributed by atoms with Crippen LogP contribution >= 0.6 is 0 Å². The summed E-state index contributed by atoms with van der Waals surface area (Å²) in [6.07, 6.45) is 0.980. The second-order valence-corrected chi connectivity index (χ2v) is 3.75. The molecule has 0 aromatic heterocycles. The Morgan fingerprint density at radius 2 is 2.43 bits per heavy atom. The topological polar surface area (TPSA) is 49.8 Å². The second kappa shape index (κ2) is 5.32. The Morgan fingerprint density at radius 1 is 1.71 bits per heavy atom. The van der Waals surface area contributed by atoms with Gasteiger partial charge in [0.2, 0.25) is 0 Å². The molecule has 0 saturated carbocycles. The minimum absolute atomic E-state index is 0.102. The van der Waals surface area contributed by atoms with Crippen molar-refractivity contribution in [1.29, 1.82) is 0 Å². The average molecular weight is 201 g/mol. The summed E-state index contributed by atoms with van der Waals surface area (Å²) in [6.45, 7) is 4.94. The van der Waals surface area contributed by atoms with Gasteiger partial charge in [-0.15, -0.1) is 0 Å². The molecule has 82 valence electrons. The predicted molar refractivity (Wildman–Crippen MR) is 52.8 cm³/mol. The minimum atomic E-state index is -0.337. The maximum Gasteiger partial charge on any atom is 0.311 e. The molecule has 14 heavy (non-hydrogen) atoms. The molecule has 1 aliphatic heterocycles. The summed E-state index contributed by atoms with van der Waals surface area (Å²) in [4.78, 5) is 13.6. The highest BCUT2D eigenvalue weighted by Gasteiger charge is 2.33. The SMILES string of the molecule is CCN1CCC(C(CO)C(=O)OC)C1. The van der Waals surface area contributed by atoms with Crippen molar-refractivity contribution >= 4 is 5.97 Å². The van der Waals surface area contributed by atoms with Crippen molar-refractivity contribution in [2.45, 2.75) is 13.3 Å². The van der Waals surface area contributed by atoms with Gasteiger partial charge in [-0.3, -0.25) is 4.79 Å². The van der Waals surface area contributed by atoms with Crippen molar-refractivity contribution in [1.82, 2.24) is 4.90 Å². The average Bonchev–Trinajstić information content (AvgIpc) is 2.67. The fourth-order valence-electron chi connectivity index (χ4n) is 2.05. The molecule has 4 heteroatoms. The van der Waals surface area contributed by atoms with Crippen LogP contribution in [0.15, 0.2) is 0 Å². The van der Waals surface area contributed by atoms with Crippen molar-refractivity contribution in [2.75, 3.05) is 33.4 Å². The van der Waals surface area contributed by atoms with Gasteiger partial charge in [0.1, 0.15) is 0 Å². The van der Waals surface area contributed by atoms with E-state index in [1.807, 2.05) is 0 Å². The van der Waals surface area contributed by atoms with Crippen LogP contribution in [-0.2, 0) is 9.53 Å². The van der Waals surface area contributed by atoms with Crippen LogP contribution in [0.5, 0.6) is 0 Å². The van der Waals surface area contributed by atoms with Crippen molar-refractivity contribution < 1.29 is 14.6 Å². The Labute approximate surface area is 84.8 Å². The van der Waals surface area contributed by atoms with E-state index in [0.29, 0.717) is 0 Å². The lowest BCUT2D eigenvalue weighted by Gasteiger charge is -2.19. The Balaban J connectivity index is 2.50. The van der Waals surface area contributed by atoms with Gasteiger partial charge in [-0.25, -0.2) is 0 Å². The number of hydrogen-bond acceptors (Lipinski definition) is 4. The van der Waals surface area contributed by atoms with Gasteiger partial charge >= 0.3 is 5.97 Å². The van der Waals surface area contributed by atoms with E-state index < -0.39 is 0 Å². The van der Waals surface area contributed by atoms with Gasteiger partial charge in [0, 0.05) is 6.54 Å². The number of likely N-dealkylation sites (tertiary alicyclic amines) is 1. The fourth-order valence-corrected chi connectivity index (χ4v) is 2.05. The summed E-state index contributed by atoms with van der Waals surface area (Å²) in [5.74, 6) is -0.362. The number of aliphatic hydroxyl groups excluding tert-OH is 1. The zero-order chi connectivity index (χ0) is 10.6. The zero-order valence-corrected chi connectivity index (χ0v) is 8.90. The summed E-state index contributed by atoms with van der Waals surface area (Å²) in [5.41, 5.74) is 0. The third-order valence-corrected chi connectivity index (χ3v) is 3.03. The van der Waals surface area contributed by atoms with Gasteiger partial charge in [0.05, 0.1) is 19.6 Å². The molecular formula is C10H19NO3. The fraction of sp³-hybridized carbons (Fsp3) is 0.900. The first kappa shape index (κ1) is 11.5. The van der Waals surface area contributed by atoms with Crippen LogP contribution in [0.1, 0.15) is 13.3 Å². The van der Waals surface area contributed by atoms with Crippen LogP contribution in [0.4, 0.5) is 0 Å². The molecule has 0 aliphatic carbocycles. The molecule has 1 aliphatic rings. The number of carbonyl (C=O) groups excluding carboxylic acids is 1. The van der Waals surface area contributed by atoms with E-state index in [9.17, 15) is 4.79 Å². The van der Waals surface area contributed by atoms with Crippen molar-refractivity contribution in [2.24, 2.45) is 11.8 Å². The molecule has 0 aromatic rings. The van der Waals surface area contributed by atoms with Gasteiger partial charge in [-0.1, -0.05) is 6.92 Å².